The average Bonchev–Trinajstić information content (AvgIpc) is 2.25. The van der Waals surface area contributed by atoms with E-state index in [0.717, 1.165) is 0 Å². The lowest BCUT2D eigenvalue weighted by Crippen LogP contribution is -1.92. The molecule has 76 valence electrons. The van der Waals surface area contributed by atoms with Crippen LogP contribution in [0.1, 0.15) is 44.6 Å². The maximum absolute atomic E-state index is 2.31. The van der Waals surface area contributed by atoms with Crippen molar-refractivity contribution in [3.8, 4) is 0 Å². The van der Waals surface area contributed by atoms with Gasteiger partial charge in [0.25, 0.3) is 0 Å². The predicted octanol–water partition coefficient (Wildman–Crippen LogP) is 4.54. The Bertz CT molecular complexity index is 259. The van der Waals surface area contributed by atoms with Gasteiger partial charge in [0.1, 0.15) is 0 Å². The summed E-state index contributed by atoms with van der Waals surface area (Å²) in [6.07, 6.45) is 8.17. The third-order valence-corrected chi connectivity index (χ3v) is 2.61. The third-order valence-electron chi connectivity index (χ3n) is 2.61. The van der Waals surface area contributed by atoms with E-state index in [9.17, 15) is 0 Å². The molecule has 0 radical (unpaired) electrons. The lowest BCUT2D eigenvalue weighted by atomic mass is 9.95. The lowest BCUT2D eigenvalue weighted by Gasteiger charge is -2.10. The van der Waals surface area contributed by atoms with Crippen molar-refractivity contribution in [2.45, 2.75) is 39.0 Å². The summed E-state index contributed by atoms with van der Waals surface area (Å²) in [6.45, 7) is 4.39. The summed E-state index contributed by atoms with van der Waals surface area (Å²) >= 11 is 0. The molecule has 0 bridgehead atoms. The van der Waals surface area contributed by atoms with Crippen molar-refractivity contribution in [3.63, 3.8) is 0 Å². The van der Waals surface area contributed by atoms with E-state index in [1.165, 1.54) is 24.8 Å². The zero-order valence-electron chi connectivity index (χ0n) is 9.24. The Morgan fingerprint density at radius 2 is 1.93 bits per heavy atom. The van der Waals surface area contributed by atoms with Crippen LogP contribution in [0.5, 0.6) is 0 Å². The molecular weight excluding hydrogens is 168 g/mol. The van der Waals surface area contributed by atoms with E-state index >= 15 is 0 Å². The summed E-state index contributed by atoms with van der Waals surface area (Å²) in [5.74, 6) is 0.696. The minimum Gasteiger partial charge on any atom is -0.0917 e. The van der Waals surface area contributed by atoms with Crippen molar-refractivity contribution < 1.29 is 0 Å². The second-order valence-electron chi connectivity index (χ2n) is 3.81. The first-order valence-corrected chi connectivity index (χ1v) is 5.50. The lowest BCUT2D eigenvalue weighted by molar-refractivity contribution is 0.640. The highest BCUT2D eigenvalue weighted by Crippen LogP contribution is 2.20. The van der Waals surface area contributed by atoms with Crippen molar-refractivity contribution in [2.75, 3.05) is 0 Å². The van der Waals surface area contributed by atoms with E-state index in [4.69, 9.17) is 0 Å². The second-order valence-corrected chi connectivity index (χ2v) is 3.81. The van der Waals surface area contributed by atoms with Crippen LogP contribution in [0.25, 0.3) is 0 Å². The van der Waals surface area contributed by atoms with E-state index < -0.39 is 0 Å². The van der Waals surface area contributed by atoms with Crippen LogP contribution in [0.2, 0.25) is 0 Å². The smallest absolute Gasteiger partial charge is 0.0190 e. The van der Waals surface area contributed by atoms with Crippen molar-refractivity contribution in [2.24, 2.45) is 0 Å². The summed E-state index contributed by atoms with van der Waals surface area (Å²) in [7, 11) is 0. The molecule has 0 aliphatic heterocycles. The zero-order chi connectivity index (χ0) is 10.2. The number of hydrogen-bond donors (Lipinski definition) is 0. The molecule has 1 aromatic carbocycles. The van der Waals surface area contributed by atoms with Crippen molar-refractivity contribution in [1.29, 1.82) is 0 Å². The van der Waals surface area contributed by atoms with E-state index in [1.54, 1.807) is 0 Å². The standard InChI is InChI=1S/C14H20/c1-3-4-5-7-10-13(2)14-11-8-6-9-12-14/h3-4,6,8-9,11-13H,5,7,10H2,1-2H3. The van der Waals surface area contributed by atoms with Gasteiger partial charge in [0.05, 0.1) is 0 Å². The minimum atomic E-state index is 0.696. The Morgan fingerprint density at radius 3 is 2.57 bits per heavy atom. The highest BCUT2D eigenvalue weighted by molar-refractivity contribution is 5.18. The molecule has 0 saturated heterocycles. The molecule has 0 fully saturated rings. The van der Waals surface area contributed by atoms with Gasteiger partial charge in [-0.15, -0.1) is 0 Å². The quantitative estimate of drug-likeness (QED) is 0.470. The van der Waals surface area contributed by atoms with Gasteiger partial charge in [-0.1, -0.05) is 49.4 Å². The molecule has 14 heavy (non-hydrogen) atoms. The molecule has 0 aromatic heterocycles. The van der Waals surface area contributed by atoms with Gasteiger partial charge in [0, 0.05) is 0 Å². The van der Waals surface area contributed by atoms with Crippen LogP contribution in [-0.4, -0.2) is 0 Å². The van der Waals surface area contributed by atoms with Crippen LogP contribution in [0, 0.1) is 0 Å². The zero-order valence-corrected chi connectivity index (χ0v) is 9.24. The van der Waals surface area contributed by atoms with Crippen LogP contribution >= 0.6 is 0 Å². The van der Waals surface area contributed by atoms with Crippen molar-refractivity contribution in [3.05, 3.63) is 48.0 Å². The summed E-state index contributed by atoms with van der Waals surface area (Å²) < 4.78 is 0. The number of rotatable bonds is 5. The summed E-state index contributed by atoms with van der Waals surface area (Å²) in [6, 6.07) is 10.8. The fourth-order valence-corrected chi connectivity index (χ4v) is 1.66. The molecule has 0 aliphatic carbocycles. The fraction of sp³-hybridized carbons (Fsp3) is 0.429. The Balaban J connectivity index is 2.32. The molecule has 0 heterocycles. The Morgan fingerprint density at radius 1 is 1.21 bits per heavy atom. The molecule has 1 unspecified atom stereocenters. The molecule has 0 nitrogen and oxygen atoms in total. The van der Waals surface area contributed by atoms with E-state index in [-0.39, 0.29) is 0 Å². The topological polar surface area (TPSA) is 0 Å². The van der Waals surface area contributed by atoms with Crippen LogP contribution in [-0.2, 0) is 0 Å². The first-order chi connectivity index (χ1) is 6.84. The van der Waals surface area contributed by atoms with Crippen LogP contribution in [0.15, 0.2) is 42.5 Å². The van der Waals surface area contributed by atoms with E-state index in [1.807, 2.05) is 0 Å². The average molecular weight is 188 g/mol. The fourth-order valence-electron chi connectivity index (χ4n) is 1.66. The largest absolute Gasteiger partial charge is 0.0917 e. The first kappa shape index (κ1) is 11.0. The van der Waals surface area contributed by atoms with Gasteiger partial charge in [-0.05, 0) is 37.7 Å². The normalized spacial score (nSPS) is 13.3. The number of benzene rings is 1. The van der Waals surface area contributed by atoms with Crippen molar-refractivity contribution in [1.82, 2.24) is 0 Å². The van der Waals surface area contributed by atoms with E-state index in [2.05, 4.69) is 56.3 Å². The van der Waals surface area contributed by atoms with Crippen molar-refractivity contribution >= 4 is 0 Å². The van der Waals surface area contributed by atoms with E-state index in [0.29, 0.717) is 5.92 Å². The maximum atomic E-state index is 2.31. The number of hydrogen-bond acceptors (Lipinski definition) is 0. The molecule has 0 N–H and O–H groups in total. The van der Waals surface area contributed by atoms with Gasteiger partial charge < -0.3 is 0 Å². The molecule has 1 rings (SSSR count). The van der Waals surface area contributed by atoms with Gasteiger partial charge in [0.2, 0.25) is 0 Å². The maximum Gasteiger partial charge on any atom is -0.0190 e. The third kappa shape index (κ3) is 3.78. The molecule has 0 amide bonds. The Hall–Kier alpha value is -1.04. The molecule has 1 atom stereocenters. The molecule has 0 heteroatoms. The molecular formula is C14H20. The van der Waals surface area contributed by atoms with Crippen LogP contribution in [0.3, 0.4) is 0 Å². The van der Waals surface area contributed by atoms with Gasteiger partial charge >= 0.3 is 0 Å². The summed E-state index contributed by atoms with van der Waals surface area (Å²) in [5.41, 5.74) is 1.47. The van der Waals surface area contributed by atoms with Gasteiger partial charge in [0.15, 0.2) is 0 Å². The first-order valence-electron chi connectivity index (χ1n) is 5.50. The SMILES string of the molecule is CC=CCCCC(C)c1ccccc1. The minimum absolute atomic E-state index is 0.696. The number of allylic oxidation sites excluding steroid dienone is 2. The molecule has 0 saturated carbocycles. The Kier molecular flexibility index (Phi) is 5.06. The monoisotopic (exact) mass is 188 g/mol. The van der Waals surface area contributed by atoms with Gasteiger partial charge in [-0.2, -0.15) is 0 Å². The second kappa shape index (κ2) is 6.42. The summed E-state index contributed by atoms with van der Waals surface area (Å²) in [5, 5.41) is 0. The highest BCUT2D eigenvalue weighted by atomic mass is 14.1. The van der Waals surface area contributed by atoms with Gasteiger partial charge in [-0.25, -0.2) is 0 Å². The molecule has 0 aliphatic rings. The predicted molar refractivity (Wildman–Crippen MR) is 63.5 cm³/mol. The Labute approximate surface area is 87.7 Å². The number of unbranched alkanes of at least 4 members (excludes halogenated alkanes) is 1. The van der Waals surface area contributed by atoms with Gasteiger partial charge in [-0.3, -0.25) is 0 Å². The van der Waals surface area contributed by atoms with Crippen LogP contribution < -0.4 is 0 Å². The van der Waals surface area contributed by atoms with Crippen LogP contribution in [0.4, 0.5) is 0 Å². The molecule has 0 spiro atoms. The molecule has 1 aromatic rings. The highest BCUT2D eigenvalue weighted by Gasteiger charge is 2.02. The summed E-state index contributed by atoms with van der Waals surface area (Å²) in [4.78, 5) is 0.